The van der Waals surface area contributed by atoms with Crippen LogP contribution >= 0.6 is 0 Å². The van der Waals surface area contributed by atoms with Gasteiger partial charge >= 0.3 is 0 Å². The Bertz CT molecular complexity index is 887. The van der Waals surface area contributed by atoms with Gasteiger partial charge in [-0.05, 0) is 34.6 Å². The lowest BCUT2D eigenvalue weighted by atomic mass is 9.87. The molecule has 3 heteroatoms. The molecule has 1 amide bonds. The molecule has 0 aliphatic rings. The van der Waals surface area contributed by atoms with Crippen LogP contribution in [0.15, 0.2) is 66.7 Å². The summed E-state index contributed by atoms with van der Waals surface area (Å²) in [5, 5.41) is 5.14. The van der Waals surface area contributed by atoms with E-state index in [9.17, 15) is 4.79 Å². The van der Waals surface area contributed by atoms with Crippen LogP contribution in [0.3, 0.4) is 0 Å². The monoisotopic (exact) mass is 347 g/mol. The average molecular weight is 347 g/mol. The molecule has 0 aromatic heterocycles. The SMILES string of the molecule is CC(C)(C)c1ccc(C(=O)NCCOc2cccc3ccccc23)cc1. The molecule has 0 aliphatic heterocycles. The van der Waals surface area contributed by atoms with E-state index >= 15 is 0 Å². The van der Waals surface area contributed by atoms with Gasteiger partial charge in [-0.1, -0.05) is 69.3 Å². The van der Waals surface area contributed by atoms with Gasteiger partial charge in [0.25, 0.3) is 5.91 Å². The average Bonchev–Trinajstić information content (AvgIpc) is 2.64. The van der Waals surface area contributed by atoms with Crippen LogP contribution in [0.1, 0.15) is 36.7 Å². The number of amides is 1. The zero-order valence-electron chi connectivity index (χ0n) is 15.6. The highest BCUT2D eigenvalue weighted by molar-refractivity contribution is 5.94. The molecule has 0 saturated heterocycles. The largest absolute Gasteiger partial charge is 0.491 e. The molecule has 0 spiro atoms. The molecule has 26 heavy (non-hydrogen) atoms. The minimum Gasteiger partial charge on any atom is -0.491 e. The van der Waals surface area contributed by atoms with Crippen LogP contribution in [-0.2, 0) is 5.41 Å². The van der Waals surface area contributed by atoms with Crippen LogP contribution in [0.4, 0.5) is 0 Å². The number of rotatable bonds is 5. The minimum absolute atomic E-state index is 0.0769. The Hall–Kier alpha value is -2.81. The van der Waals surface area contributed by atoms with Crippen molar-refractivity contribution in [2.45, 2.75) is 26.2 Å². The second-order valence-electron chi connectivity index (χ2n) is 7.41. The maximum atomic E-state index is 12.3. The molecule has 0 unspecified atom stereocenters. The molecule has 0 fully saturated rings. The Morgan fingerprint density at radius 1 is 0.923 bits per heavy atom. The summed E-state index contributed by atoms with van der Waals surface area (Å²) < 4.78 is 5.85. The lowest BCUT2D eigenvalue weighted by Crippen LogP contribution is -2.28. The van der Waals surface area contributed by atoms with Crippen molar-refractivity contribution in [1.82, 2.24) is 5.32 Å². The van der Waals surface area contributed by atoms with Gasteiger partial charge in [-0.2, -0.15) is 0 Å². The van der Waals surface area contributed by atoms with E-state index in [2.05, 4.69) is 38.2 Å². The lowest BCUT2D eigenvalue weighted by Gasteiger charge is -2.19. The first-order valence-corrected chi connectivity index (χ1v) is 8.94. The van der Waals surface area contributed by atoms with E-state index in [4.69, 9.17) is 4.74 Å². The second-order valence-corrected chi connectivity index (χ2v) is 7.41. The molecule has 3 rings (SSSR count). The lowest BCUT2D eigenvalue weighted by molar-refractivity contribution is 0.0947. The van der Waals surface area contributed by atoms with Crippen molar-refractivity contribution in [3.05, 3.63) is 77.9 Å². The maximum Gasteiger partial charge on any atom is 0.251 e. The van der Waals surface area contributed by atoms with E-state index in [1.165, 1.54) is 5.56 Å². The highest BCUT2D eigenvalue weighted by Gasteiger charge is 2.14. The molecule has 3 nitrogen and oxygen atoms in total. The first-order valence-electron chi connectivity index (χ1n) is 8.94. The first kappa shape index (κ1) is 18.0. The fourth-order valence-electron chi connectivity index (χ4n) is 2.87. The number of nitrogens with one attached hydrogen (secondary N) is 1. The summed E-state index contributed by atoms with van der Waals surface area (Å²) in [7, 11) is 0. The van der Waals surface area contributed by atoms with Crippen molar-refractivity contribution in [3.63, 3.8) is 0 Å². The van der Waals surface area contributed by atoms with E-state index in [0.29, 0.717) is 18.7 Å². The van der Waals surface area contributed by atoms with E-state index in [1.54, 1.807) is 0 Å². The molecule has 1 N–H and O–H groups in total. The predicted molar refractivity (Wildman–Crippen MR) is 107 cm³/mol. The molecular formula is C23H25NO2. The minimum atomic E-state index is -0.0769. The molecule has 0 saturated carbocycles. The van der Waals surface area contributed by atoms with Gasteiger partial charge in [0.15, 0.2) is 0 Å². The second kappa shape index (κ2) is 7.61. The van der Waals surface area contributed by atoms with Gasteiger partial charge in [0.05, 0.1) is 6.54 Å². The van der Waals surface area contributed by atoms with Crippen molar-refractivity contribution in [2.24, 2.45) is 0 Å². The number of carbonyl (C=O) groups excluding carboxylic acids is 1. The molecule has 134 valence electrons. The van der Waals surface area contributed by atoms with Crippen LogP contribution in [0.25, 0.3) is 10.8 Å². The van der Waals surface area contributed by atoms with Crippen LogP contribution in [-0.4, -0.2) is 19.1 Å². The molecule has 3 aromatic rings. The number of carbonyl (C=O) groups is 1. The summed E-state index contributed by atoms with van der Waals surface area (Å²) in [6.45, 7) is 7.37. The third-order valence-electron chi connectivity index (χ3n) is 4.41. The number of hydrogen-bond acceptors (Lipinski definition) is 2. The number of hydrogen-bond donors (Lipinski definition) is 1. The van der Waals surface area contributed by atoms with E-state index in [1.807, 2.05) is 54.6 Å². The van der Waals surface area contributed by atoms with Crippen molar-refractivity contribution in [2.75, 3.05) is 13.2 Å². The van der Waals surface area contributed by atoms with Crippen molar-refractivity contribution in [3.8, 4) is 5.75 Å². The van der Waals surface area contributed by atoms with Crippen LogP contribution in [0, 0.1) is 0 Å². The Morgan fingerprint density at radius 2 is 1.62 bits per heavy atom. The van der Waals surface area contributed by atoms with Gasteiger partial charge in [-0.15, -0.1) is 0 Å². The zero-order valence-corrected chi connectivity index (χ0v) is 15.6. The van der Waals surface area contributed by atoms with Crippen LogP contribution < -0.4 is 10.1 Å². The Balaban J connectivity index is 1.54. The van der Waals surface area contributed by atoms with Gasteiger partial charge in [-0.25, -0.2) is 0 Å². The van der Waals surface area contributed by atoms with Gasteiger partial charge in [-0.3, -0.25) is 4.79 Å². The standard InChI is InChI=1S/C23H25NO2/c1-23(2,3)19-13-11-18(12-14-19)22(25)24-15-16-26-21-10-6-8-17-7-4-5-9-20(17)21/h4-14H,15-16H2,1-3H3,(H,24,25). The third-order valence-corrected chi connectivity index (χ3v) is 4.41. The number of fused-ring (bicyclic) bond motifs is 1. The molecule has 3 aromatic carbocycles. The summed E-state index contributed by atoms with van der Waals surface area (Å²) in [5.41, 5.74) is 1.97. The Morgan fingerprint density at radius 3 is 2.35 bits per heavy atom. The van der Waals surface area contributed by atoms with E-state index in [-0.39, 0.29) is 11.3 Å². The van der Waals surface area contributed by atoms with Gasteiger partial charge < -0.3 is 10.1 Å². The van der Waals surface area contributed by atoms with Crippen molar-refractivity contribution in [1.29, 1.82) is 0 Å². The quantitative estimate of drug-likeness (QED) is 0.664. The van der Waals surface area contributed by atoms with E-state index < -0.39 is 0 Å². The summed E-state index contributed by atoms with van der Waals surface area (Å²) in [5.74, 6) is 0.763. The summed E-state index contributed by atoms with van der Waals surface area (Å²) >= 11 is 0. The van der Waals surface area contributed by atoms with Crippen LogP contribution in [0.2, 0.25) is 0 Å². The maximum absolute atomic E-state index is 12.3. The van der Waals surface area contributed by atoms with Gasteiger partial charge in [0.1, 0.15) is 12.4 Å². The number of benzene rings is 3. The highest BCUT2D eigenvalue weighted by atomic mass is 16.5. The van der Waals surface area contributed by atoms with Gasteiger partial charge in [0.2, 0.25) is 0 Å². The summed E-state index contributed by atoms with van der Waals surface area (Å²) in [4.78, 5) is 12.3. The summed E-state index contributed by atoms with van der Waals surface area (Å²) in [6, 6.07) is 21.9. The molecule has 0 aliphatic carbocycles. The smallest absolute Gasteiger partial charge is 0.251 e. The third kappa shape index (κ3) is 4.23. The van der Waals surface area contributed by atoms with Crippen LogP contribution in [0.5, 0.6) is 5.75 Å². The summed E-state index contributed by atoms with van der Waals surface area (Å²) in [6.07, 6.45) is 0. The topological polar surface area (TPSA) is 38.3 Å². The number of ether oxygens (including phenoxy) is 1. The normalized spacial score (nSPS) is 11.3. The molecular weight excluding hydrogens is 322 g/mol. The molecule has 0 bridgehead atoms. The molecule has 0 radical (unpaired) electrons. The Labute approximate surface area is 155 Å². The molecule has 0 heterocycles. The van der Waals surface area contributed by atoms with Crippen molar-refractivity contribution >= 4 is 16.7 Å². The van der Waals surface area contributed by atoms with Crippen molar-refractivity contribution < 1.29 is 9.53 Å². The van der Waals surface area contributed by atoms with Gasteiger partial charge in [0, 0.05) is 10.9 Å². The predicted octanol–water partition coefficient (Wildman–Crippen LogP) is 4.95. The highest BCUT2D eigenvalue weighted by Crippen LogP contribution is 2.25. The fraction of sp³-hybridized carbons (Fsp3) is 0.261. The van der Waals surface area contributed by atoms with E-state index in [0.717, 1.165) is 16.5 Å². The zero-order chi connectivity index (χ0) is 18.6. The fourth-order valence-corrected chi connectivity index (χ4v) is 2.87. The Kier molecular flexibility index (Phi) is 5.27. The molecule has 0 atom stereocenters. The first-order chi connectivity index (χ1) is 12.4.